The molecule has 0 aliphatic carbocycles. The Labute approximate surface area is 181 Å². The third-order valence-corrected chi connectivity index (χ3v) is 5.27. The molecule has 4 rings (SSSR count). The fraction of sp³-hybridized carbons (Fsp3) is 0.250. The van der Waals surface area contributed by atoms with E-state index in [1.807, 2.05) is 48.5 Å². The van der Waals surface area contributed by atoms with E-state index >= 15 is 0 Å². The summed E-state index contributed by atoms with van der Waals surface area (Å²) in [7, 11) is 0. The number of benzene rings is 2. The third kappa shape index (κ3) is 5.24. The number of hydrogen-bond donors (Lipinski definition) is 2. The molecule has 1 aliphatic rings. The highest BCUT2D eigenvalue weighted by molar-refractivity contribution is 5.80. The Morgan fingerprint density at radius 2 is 1.94 bits per heavy atom. The van der Waals surface area contributed by atoms with E-state index in [2.05, 4.69) is 37.5 Å². The van der Waals surface area contributed by atoms with Crippen molar-refractivity contribution < 1.29 is 0 Å². The molecule has 2 N–H and O–H groups in total. The van der Waals surface area contributed by atoms with Gasteiger partial charge < -0.3 is 0 Å². The summed E-state index contributed by atoms with van der Waals surface area (Å²) in [4.78, 5) is 21.8. The van der Waals surface area contributed by atoms with Crippen LogP contribution in [0.2, 0.25) is 0 Å². The zero-order valence-corrected chi connectivity index (χ0v) is 17.2. The predicted octanol–water partition coefficient (Wildman–Crippen LogP) is 3.74. The number of likely N-dealkylation sites (tertiary alicyclic amines) is 1. The second-order valence-corrected chi connectivity index (χ2v) is 7.57. The molecule has 7 nitrogen and oxygen atoms in total. The van der Waals surface area contributed by atoms with Crippen molar-refractivity contribution in [1.82, 2.24) is 14.9 Å². The monoisotopic (exact) mass is 412 g/mol. The zero-order valence-electron chi connectivity index (χ0n) is 17.2. The molecule has 0 amide bonds. The van der Waals surface area contributed by atoms with Crippen LogP contribution in [0.1, 0.15) is 36.0 Å². The molecule has 1 aromatic heterocycles. The number of aromatic amines is 1. The Bertz CT molecular complexity index is 1160. The molecule has 0 atom stereocenters. The van der Waals surface area contributed by atoms with Crippen molar-refractivity contribution >= 4 is 12.2 Å². The number of piperidine rings is 1. The molecule has 2 heterocycles. The zero-order chi connectivity index (χ0) is 21.5. The number of aromatic nitrogens is 2. The summed E-state index contributed by atoms with van der Waals surface area (Å²) < 4.78 is 0. The standard InChI is InChI=1S/C24H24N6O/c25-15-21-22(20-10-3-1-4-11-20)27-24(28-23(21)31)29-26-16-18-8-7-9-19(14-18)17-30-12-5-2-6-13-30/h1,3-4,7-11,14,16H,2,5-6,12-13,17H2,(H2,27,28,29,31). The van der Waals surface area contributed by atoms with Crippen molar-refractivity contribution in [3.63, 3.8) is 0 Å². The Morgan fingerprint density at radius 3 is 2.71 bits per heavy atom. The van der Waals surface area contributed by atoms with Crippen LogP contribution in [-0.2, 0) is 6.54 Å². The van der Waals surface area contributed by atoms with Gasteiger partial charge in [-0.15, -0.1) is 0 Å². The van der Waals surface area contributed by atoms with Crippen LogP contribution in [0.5, 0.6) is 0 Å². The summed E-state index contributed by atoms with van der Waals surface area (Å²) in [6, 6.07) is 19.3. The molecule has 1 saturated heterocycles. The molecule has 0 bridgehead atoms. The first-order valence-electron chi connectivity index (χ1n) is 10.4. The number of nitriles is 1. The molecule has 31 heavy (non-hydrogen) atoms. The lowest BCUT2D eigenvalue weighted by Gasteiger charge is -2.26. The quantitative estimate of drug-likeness (QED) is 0.475. The van der Waals surface area contributed by atoms with Gasteiger partial charge in [-0.05, 0) is 43.1 Å². The number of anilines is 1. The van der Waals surface area contributed by atoms with Crippen LogP contribution < -0.4 is 11.0 Å². The summed E-state index contributed by atoms with van der Waals surface area (Å²) in [6.45, 7) is 3.25. The van der Waals surface area contributed by atoms with Gasteiger partial charge in [-0.3, -0.25) is 14.7 Å². The average Bonchev–Trinajstić information content (AvgIpc) is 2.80. The Kier molecular flexibility index (Phi) is 6.50. The van der Waals surface area contributed by atoms with E-state index in [0.717, 1.165) is 25.2 Å². The largest absolute Gasteiger partial charge is 0.299 e. The molecule has 0 spiro atoms. The van der Waals surface area contributed by atoms with Crippen LogP contribution in [0.3, 0.4) is 0 Å². The SMILES string of the molecule is N#Cc1c(-c2ccccc2)nc(NN=Cc2cccc(CN3CCCCC3)c2)[nH]c1=O. The molecule has 0 radical (unpaired) electrons. The van der Waals surface area contributed by atoms with Gasteiger partial charge >= 0.3 is 0 Å². The lowest BCUT2D eigenvalue weighted by atomic mass is 10.1. The number of nitrogens with one attached hydrogen (secondary N) is 2. The minimum atomic E-state index is -0.502. The molecular formula is C24H24N6O. The van der Waals surface area contributed by atoms with Crippen molar-refractivity contribution in [1.29, 1.82) is 5.26 Å². The molecule has 1 fully saturated rings. The molecule has 2 aromatic carbocycles. The van der Waals surface area contributed by atoms with Crippen molar-refractivity contribution in [2.24, 2.45) is 5.10 Å². The van der Waals surface area contributed by atoms with Crippen molar-refractivity contribution in [2.75, 3.05) is 18.5 Å². The summed E-state index contributed by atoms with van der Waals surface area (Å²) in [5, 5.41) is 13.6. The number of rotatable bonds is 6. The third-order valence-electron chi connectivity index (χ3n) is 5.27. The second kappa shape index (κ2) is 9.83. The molecular weight excluding hydrogens is 388 g/mol. The summed E-state index contributed by atoms with van der Waals surface area (Å²) in [5.41, 5.74) is 5.49. The van der Waals surface area contributed by atoms with Gasteiger partial charge in [0, 0.05) is 12.1 Å². The van der Waals surface area contributed by atoms with Crippen molar-refractivity contribution in [3.8, 4) is 17.3 Å². The topological polar surface area (TPSA) is 97.2 Å². The first-order valence-corrected chi connectivity index (χ1v) is 10.4. The van der Waals surface area contributed by atoms with Gasteiger partial charge in [0.05, 0.1) is 11.9 Å². The van der Waals surface area contributed by atoms with E-state index in [4.69, 9.17) is 0 Å². The minimum absolute atomic E-state index is 0.0221. The van der Waals surface area contributed by atoms with E-state index in [1.165, 1.54) is 24.8 Å². The Hall–Kier alpha value is -3.76. The number of nitrogens with zero attached hydrogens (tertiary/aromatic N) is 4. The van der Waals surface area contributed by atoms with Crippen LogP contribution >= 0.6 is 0 Å². The molecule has 7 heteroatoms. The average molecular weight is 412 g/mol. The van der Waals surface area contributed by atoms with Crippen molar-refractivity contribution in [3.05, 3.63) is 81.6 Å². The van der Waals surface area contributed by atoms with E-state index < -0.39 is 5.56 Å². The molecule has 0 unspecified atom stereocenters. The highest BCUT2D eigenvalue weighted by Crippen LogP contribution is 2.19. The van der Waals surface area contributed by atoms with Crippen LogP contribution in [-0.4, -0.2) is 34.2 Å². The van der Waals surface area contributed by atoms with Gasteiger partial charge in [0.2, 0.25) is 5.95 Å². The van der Waals surface area contributed by atoms with Crippen LogP contribution in [0.4, 0.5) is 5.95 Å². The second-order valence-electron chi connectivity index (χ2n) is 7.57. The fourth-order valence-electron chi connectivity index (χ4n) is 3.75. The maximum absolute atomic E-state index is 12.3. The number of hydrogen-bond acceptors (Lipinski definition) is 6. The minimum Gasteiger partial charge on any atom is -0.299 e. The van der Waals surface area contributed by atoms with Crippen LogP contribution in [0.25, 0.3) is 11.3 Å². The van der Waals surface area contributed by atoms with Gasteiger partial charge in [0.15, 0.2) is 0 Å². The molecule has 0 saturated carbocycles. The van der Waals surface area contributed by atoms with E-state index in [1.54, 1.807) is 6.21 Å². The van der Waals surface area contributed by atoms with E-state index in [9.17, 15) is 10.1 Å². The van der Waals surface area contributed by atoms with Gasteiger partial charge in [0.1, 0.15) is 11.6 Å². The Morgan fingerprint density at radius 1 is 1.13 bits per heavy atom. The van der Waals surface area contributed by atoms with Crippen molar-refractivity contribution in [2.45, 2.75) is 25.8 Å². The fourth-order valence-corrected chi connectivity index (χ4v) is 3.75. The summed E-state index contributed by atoms with van der Waals surface area (Å²) >= 11 is 0. The predicted molar refractivity (Wildman–Crippen MR) is 122 cm³/mol. The van der Waals surface area contributed by atoms with E-state index in [-0.39, 0.29) is 11.5 Å². The number of hydrazone groups is 1. The maximum atomic E-state index is 12.3. The normalized spacial score (nSPS) is 14.4. The van der Waals surface area contributed by atoms with Gasteiger partial charge in [-0.25, -0.2) is 10.4 Å². The first kappa shape index (κ1) is 20.5. The highest BCUT2D eigenvalue weighted by Gasteiger charge is 2.13. The molecule has 3 aromatic rings. The van der Waals surface area contributed by atoms with Crippen LogP contribution in [0.15, 0.2) is 64.5 Å². The Balaban J connectivity index is 1.49. The van der Waals surface area contributed by atoms with Gasteiger partial charge in [-0.2, -0.15) is 10.4 Å². The lowest BCUT2D eigenvalue weighted by molar-refractivity contribution is 0.221. The smallest absolute Gasteiger partial charge is 0.270 e. The van der Waals surface area contributed by atoms with Crippen LogP contribution in [0, 0.1) is 11.3 Å². The van der Waals surface area contributed by atoms with Gasteiger partial charge in [-0.1, -0.05) is 55.0 Å². The van der Waals surface area contributed by atoms with E-state index in [0.29, 0.717) is 11.3 Å². The lowest BCUT2D eigenvalue weighted by Crippen LogP contribution is -2.29. The maximum Gasteiger partial charge on any atom is 0.270 e. The van der Waals surface area contributed by atoms with Gasteiger partial charge in [0.25, 0.3) is 5.56 Å². The number of H-pyrrole nitrogens is 1. The highest BCUT2D eigenvalue weighted by atomic mass is 16.1. The summed E-state index contributed by atoms with van der Waals surface area (Å²) in [5.74, 6) is 0.184. The summed E-state index contributed by atoms with van der Waals surface area (Å²) in [6.07, 6.45) is 5.56. The first-order chi connectivity index (χ1) is 15.2. The molecule has 1 aliphatic heterocycles. The molecule has 156 valence electrons.